The number of allylic oxidation sites excluding steroid dienone is 5. The van der Waals surface area contributed by atoms with Crippen LogP contribution in [0.1, 0.15) is 30.9 Å². The molecular formula is C23H17F6N5. The summed E-state index contributed by atoms with van der Waals surface area (Å²) in [6.07, 6.45) is -3.16. The number of imidazole rings is 1. The molecule has 5 nitrogen and oxygen atoms in total. The van der Waals surface area contributed by atoms with Crippen LogP contribution in [-0.2, 0) is 12.4 Å². The molecule has 3 aromatic heterocycles. The highest BCUT2D eigenvalue weighted by atomic mass is 19.4. The highest BCUT2D eigenvalue weighted by Crippen LogP contribution is 2.37. The summed E-state index contributed by atoms with van der Waals surface area (Å²) >= 11 is 0. The van der Waals surface area contributed by atoms with Gasteiger partial charge in [-0.25, -0.2) is 9.97 Å². The average Bonchev–Trinajstić information content (AvgIpc) is 3.36. The fourth-order valence-electron chi connectivity index (χ4n) is 3.52. The molecule has 0 atom stereocenters. The number of alkyl halides is 6. The maximum atomic E-state index is 13.9. The van der Waals surface area contributed by atoms with Gasteiger partial charge in [-0.05, 0) is 43.7 Å². The number of hydrogen-bond donors (Lipinski definition) is 1. The Balaban J connectivity index is 2.07. The molecular weight excluding hydrogens is 460 g/mol. The molecule has 0 fully saturated rings. The van der Waals surface area contributed by atoms with Crippen LogP contribution >= 0.6 is 0 Å². The standard InChI is InChI=1S/C23H17F6N5/c1-4-13(6-5-12(2)3)16-10-15(9-14-11-30-33-19(14)16)34-20-17(31-21(34)23(27,28)29)7-8-18(32-20)22(24,25)26/h4-11H,2H2,1,3H3,(H,30,33)/b6-5-,13-4+. The molecule has 0 spiro atoms. The van der Waals surface area contributed by atoms with E-state index in [0.717, 1.165) is 11.6 Å². The molecule has 0 unspecified atom stereocenters. The van der Waals surface area contributed by atoms with Crippen molar-refractivity contribution in [3.05, 3.63) is 77.9 Å². The lowest BCUT2D eigenvalue weighted by atomic mass is 10.0. The van der Waals surface area contributed by atoms with Gasteiger partial charge in [-0.2, -0.15) is 31.4 Å². The van der Waals surface area contributed by atoms with E-state index in [1.165, 1.54) is 18.3 Å². The number of pyridine rings is 1. The lowest BCUT2D eigenvalue weighted by Crippen LogP contribution is -2.15. The number of nitrogens with one attached hydrogen (secondary N) is 1. The summed E-state index contributed by atoms with van der Waals surface area (Å²) < 4.78 is 82.2. The SMILES string of the molecule is C=C(C)/C=C\C(=C/C)c1cc(-n2c(C(F)(F)F)nc3ccc(C(F)(F)F)nc32)cc2cn[nH]c12. The topological polar surface area (TPSA) is 59.4 Å². The Kier molecular flexibility index (Phi) is 5.58. The molecule has 0 saturated heterocycles. The van der Waals surface area contributed by atoms with Gasteiger partial charge in [-0.3, -0.25) is 9.67 Å². The van der Waals surface area contributed by atoms with Gasteiger partial charge in [0.2, 0.25) is 5.82 Å². The normalized spacial score (nSPS) is 13.5. The monoisotopic (exact) mass is 477 g/mol. The van der Waals surface area contributed by atoms with Crippen LogP contribution in [0.15, 0.2) is 60.8 Å². The van der Waals surface area contributed by atoms with Crippen molar-refractivity contribution in [2.75, 3.05) is 0 Å². The molecule has 176 valence electrons. The van der Waals surface area contributed by atoms with Gasteiger partial charge in [0.1, 0.15) is 11.2 Å². The van der Waals surface area contributed by atoms with Crippen LogP contribution < -0.4 is 0 Å². The number of hydrogen-bond acceptors (Lipinski definition) is 3. The molecule has 0 bridgehead atoms. The second kappa shape index (κ2) is 8.15. The van der Waals surface area contributed by atoms with Gasteiger partial charge in [0.05, 0.1) is 17.4 Å². The molecule has 1 N–H and O–H groups in total. The third-order valence-electron chi connectivity index (χ3n) is 5.01. The van der Waals surface area contributed by atoms with Crippen LogP contribution in [0.5, 0.6) is 0 Å². The van der Waals surface area contributed by atoms with Gasteiger partial charge < -0.3 is 0 Å². The second-order valence-electron chi connectivity index (χ2n) is 7.56. The molecule has 4 rings (SSSR count). The molecule has 3 heterocycles. The minimum Gasteiger partial charge on any atom is -0.277 e. The van der Waals surface area contributed by atoms with Crippen molar-refractivity contribution in [2.45, 2.75) is 26.2 Å². The van der Waals surface area contributed by atoms with Crippen molar-refractivity contribution in [3.8, 4) is 5.69 Å². The van der Waals surface area contributed by atoms with E-state index in [2.05, 4.69) is 26.7 Å². The van der Waals surface area contributed by atoms with Crippen molar-refractivity contribution >= 4 is 27.6 Å². The van der Waals surface area contributed by atoms with Gasteiger partial charge >= 0.3 is 12.4 Å². The first-order chi connectivity index (χ1) is 15.9. The number of fused-ring (bicyclic) bond motifs is 2. The summed E-state index contributed by atoms with van der Waals surface area (Å²) in [6.45, 7) is 7.32. The van der Waals surface area contributed by atoms with Crippen molar-refractivity contribution < 1.29 is 26.3 Å². The van der Waals surface area contributed by atoms with Crippen LogP contribution in [-0.4, -0.2) is 24.7 Å². The Morgan fingerprint density at radius 1 is 1.03 bits per heavy atom. The molecule has 0 saturated carbocycles. The highest BCUT2D eigenvalue weighted by Gasteiger charge is 2.40. The maximum absolute atomic E-state index is 13.9. The Morgan fingerprint density at radius 3 is 2.38 bits per heavy atom. The Morgan fingerprint density at radius 2 is 1.76 bits per heavy atom. The van der Waals surface area contributed by atoms with E-state index < -0.39 is 29.5 Å². The van der Waals surface area contributed by atoms with Crippen molar-refractivity contribution in [2.24, 2.45) is 0 Å². The first-order valence-electron chi connectivity index (χ1n) is 9.92. The highest BCUT2D eigenvalue weighted by molar-refractivity contribution is 5.95. The molecule has 0 amide bonds. The van der Waals surface area contributed by atoms with Crippen molar-refractivity contribution in [1.82, 2.24) is 24.7 Å². The number of H-pyrrole nitrogens is 1. The first-order valence-corrected chi connectivity index (χ1v) is 9.92. The molecule has 34 heavy (non-hydrogen) atoms. The van der Waals surface area contributed by atoms with Crippen LogP contribution in [0.2, 0.25) is 0 Å². The van der Waals surface area contributed by atoms with Gasteiger partial charge in [0, 0.05) is 10.9 Å². The summed E-state index contributed by atoms with van der Waals surface area (Å²) in [5.74, 6) is -1.39. The summed E-state index contributed by atoms with van der Waals surface area (Å²) in [5, 5.41) is 7.24. The predicted molar refractivity (Wildman–Crippen MR) is 116 cm³/mol. The molecule has 0 aliphatic carbocycles. The van der Waals surface area contributed by atoms with Crippen LogP contribution in [0.3, 0.4) is 0 Å². The Bertz CT molecular complexity index is 1470. The number of nitrogens with zero attached hydrogens (tertiary/aromatic N) is 4. The molecule has 1 aromatic carbocycles. The molecule has 11 heteroatoms. The van der Waals surface area contributed by atoms with Crippen LogP contribution in [0, 0.1) is 0 Å². The number of benzene rings is 1. The fraction of sp³-hybridized carbons (Fsp3) is 0.174. The smallest absolute Gasteiger partial charge is 0.277 e. The Hall–Kier alpha value is -3.89. The van der Waals surface area contributed by atoms with Gasteiger partial charge in [-0.15, -0.1) is 0 Å². The summed E-state index contributed by atoms with van der Waals surface area (Å²) in [5.41, 5.74) is 0.169. The summed E-state index contributed by atoms with van der Waals surface area (Å²) in [6, 6.07) is 4.29. The van der Waals surface area contributed by atoms with E-state index in [4.69, 9.17) is 0 Å². The third-order valence-corrected chi connectivity index (χ3v) is 5.01. The third kappa shape index (κ3) is 4.20. The van der Waals surface area contributed by atoms with Gasteiger partial charge in [0.15, 0.2) is 5.65 Å². The zero-order valence-electron chi connectivity index (χ0n) is 17.9. The molecule has 4 aromatic rings. The van der Waals surface area contributed by atoms with Crippen molar-refractivity contribution in [1.29, 1.82) is 0 Å². The van der Waals surface area contributed by atoms with E-state index >= 15 is 0 Å². The lowest BCUT2D eigenvalue weighted by molar-refractivity contribution is -0.145. The Labute approximate surface area is 189 Å². The predicted octanol–water partition coefficient (Wildman–Crippen LogP) is 6.87. The fourth-order valence-corrected chi connectivity index (χ4v) is 3.52. The second-order valence-corrected chi connectivity index (χ2v) is 7.56. The number of aromatic amines is 1. The quantitative estimate of drug-likeness (QED) is 0.258. The van der Waals surface area contributed by atoms with E-state index in [1.807, 2.05) is 0 Å². The summed E-state index contributed by atoms with van der Waals surface area (Å²) in [7, 11) is 0. The number of aromatic nitrogens is 5. The average molecular weight is 477 g/mol. The number of rotatable bonds is 4. The molecule has 0 aliphatic rings. The van der Waals surface area contributed by atoms with E-state index in [9.17, 15) is 26.3 Å². The van der Waals surface area contributed by atoms with Crippen LogP contribution in [0.25, 0.3) is 33.3 Å². The molecule has 0 radical (unpaired) electrons. The largest absolute Gasteiger partial charge is 0.450 e. The maximum Gasteiger partial charge on any atom is 0.450 e. The van der Waals surface area contributed by atoms with Crippen molar-refractivity contribution in [3.63, 3.8) is 0 Å². The summed E-state index contributed by atoms with van der Waals surface area (Å²) in [4.78, 5) is 7.04. The number of halogens is 6. The van der Waals surface area contributed by atoms with Gasteiger partial charge in [0.25, 0.3) is 0 Å². The first kappa shape index (κ1) is 23.3. The van der Waals surface area contributed by atoms with Crippen LogP contribution in [0.4, 0.5) is 26.3 Å². The molecule has 0 aliphatic heterocycles. The minimum atomic E-state index is -4.95. The lowest BCUT2D eigenvalue weighted by Gasteiger charge is -2.14. The van der Waals surface area contributed by atoms with E-state index in [1.54, 1.807) is 32.1 Å². The minimum absolute atomic E-state index is 0.0615. The van der Waals surface area contributed by atoms with E-state index in [-0.39, 0.29) is 11.2 Å². The zero-order chi connectivity index (χ0) is 24.8. The van der Waals surface area contributed by atoms with E-state index in [0.29, 0.717) is 32.7 Å². The zero-order valence-corrected chi connectivity index (χ0v) is 17.9. The van der Waals surface area contributed by atoms with Gasteiger partial charge in [-0.1, -0.05) is 30.4 Å².